The molecule has 0 radical (unpaired) electrons. The van der Waals surface area contributed by atoms with Crippen LogP contribution in [0.3, 0.4) is 0 Å². The summed E-state index contributed by atoms with van der Waals surface area (Å²) in [5.41, 5.74) is 0. The minimum atomic E-state index is 0.207. The highest BCUT2D eigenvalue weighted by atomic mass is 32.1. The number of nitrogens with zero attached hydrogens (tertiary/aromatic N) is 2. The first-order valence-electron chi connectivity index (χ1n) is 6.16. The van der Waals surface area contributed by atoms with Crippen molar-refractivity contribution >= 4 is 17.2 Å². The summed E-state index contributed by atoms with van der Waals surface area (Å²) >= 11 is 1.63. The summed E-state index contributed by atoms with van der Waals surface area (Å²) in [7, 11) is 4.16. The zero-order valence-electron chi connectivity index (χ0n) is 10.8. The summed E-state index contributed by atoms with van der Waals surface area (Å²) in [6.07, 6.45) is 2.10. The molecule has 1 aromatic heterocycles. The SMILES string of the molecule is CCc1ccc(C(=O)N2CCC(N(C)C)C2)s1. The average molecular weight is 252 g/mol. The summed E-state index contributed by atoms with van der Waals surface area (Å²) in [5, 5.41) is 0. The van der Waals surface area contributed by atoms with E-state index in [0.717, 1.165) is 30.8 Å². The van der Waals surface area contributed by atoms with Gasteiger partial charge in [-0.25, -0.2) is 0 Å². The Morgan fingerprint density at radius 2 is 2.29 bits per heavy atom. The Kier molecular flexibility index (Phi) is 3.84. The molecule has 2 rings (SSSR count). The van der Waals surface area contributed by atoms with E-state index in [9.17, 15) is 4.79 Å². The highest BCUT2D eigenvalue weighted by Crippen LogP contribution is 2.22. The number of rotatable bonds is 3. The Morgan fingerprint density at radius 3 is 2.82 bits per heavy atom. The maximum absolute atomic E-state index is 12.3. The van der Waals surface area contributed by atoms with Gasteiger partial charge in [-0.15, -0.1) is 11.3 Å². The van der Waals surface area contributed by atoms with Crippen molar-refractivity contribution in [3.8, 4) is 0 Å². The number of carbonyl (C=O) groups excluding carboxylic acids is 1. The van der Waals surface area contributed by atoms with E-state index in [4.69, 9.17) is 0 Å². The lowest BCUT2D eigenvalue weighted by Crippen LogP contribution is -2.34. The summed E-state index contributed by atoms with van der Waals surface area (Å²) in [5.74, 6) is 0.207. The molecule has 94 valence electrons. The van der Waals surface area contributed by atoms with Crippen LogP contribution in [-0.4, -0.2) is 48.9 Å². The fraction of sp³-hybridized carbons (Fsp3) is 0.615. The number of hydrogen-bond acceptors (Lipinski definition) is 3. The smallest absolute Gasteiger partial charge is 0.263 e. The molecule has 0 N–H and O–H groups in total. The second-order valence-electron chi connectivity index (χ2n) is 4.78. The van der Waals surface area contributed by atoms with Crippen LogP contribution in [0, 0.1) is 0 Å². The minimum Gasteiger partial charge on any atom is -0.336 e. The van der Waals surface area contributed by atoms with Gasteiger partial charge in [0, 0.05) is 24.0 Å². The lowest BCUT2D eigenvalue weighted by molar-refractivity contribution is 0.0788. The van der Waals surface area contributed by atoms with Crippen LogP contribution in [0.1, 0.15) is 27.9 Å². The second kappa shape index (κ2) is 5.19. The van der Waals surface area contributed by atoms with Crippen molar-refractivity contribution in [2.75, 3.05) is 27.2 Å². The topological polar surface area (TPSA) is 23.6 Å². The van der Waals surface area contributed by atoms with Crippen LogP contribution in [0.2, 0.25) is 0 Å². The Hall–Kier alpha value is -0.870. The Morgan fingerprint density at radius 1 is 1.53 bits per heavy atom. The standard InChI is InChI=1S/C13H20N2OS/c1-4-11-5-6-12(17-11)13(16)15-8-7-10(9-15)14(2)3/h5-6,10H,4,7-9H2,1-3H3. The molecule has 0 spiro atoms. The maximum atomic E-state index is 12.3. The lowest BCUT2D eigenvalue weighted by Gasteiger charge is -2.19. The first-order valence-corrected chi connectivity index (χ1v) is 6.98. The molecule has 2 heterocycles. The van der Waals surface area contributed by atoms with Gasteiger partial charge in [-0.05, 0) is 39.1 Å². The Balaban J connectivity index is 2.01. The van der Waals surface area contributed by atoms with Crippen LogP contribution in [0.15, 0.2) is 12.1 Å². The summed E-state index contributed by atoms with van der Waals surface area (Å²) in [6, 6.07) is 4.55. The van der Waals surface area contributed by atoms with Crippen LogP contribution >= 0.6 is 11.3 Å². The third-order valence-electron chi connectivity index (χ3n) is 3.40. The van der Waals surface area contributed by atoms with Crippen LogP contribution in [0.25, 0.3) is 0 Å². The fourth-order valence-electron chi connectivity index (χ4n) is 2.19. The second-order valence-corrected chi connectivity index (χ2v) is 5.95. The number of aryl methyl sites for hydroxylation is 1. The molecule has 1 aliphatic heterocycles. The molecule has 4 heteroatoms. The van der Waals surface area contributed by atoms with Gasteiger partial charge in [0.2, 0.25) is 0 Å². The first kappa shape index (κ1) is 12.6. The molecule has 0 saturated carbocycles. The number of amides is 1. The minimum absolute atomic E-state index is 0.207. The molecular formula is C13H20N2OS. The van der Waals surface area contributed by atoms with Gasteiger partial charge in [0.15, 0.2) is 0 Å². The number of likely N-dealkylation sites (tertiary alicyclic amines) is 1. The van der Waals surface area contributed by atoms with Gasteiger partial charge in [0.05, 0.1) is 4.88 Å². The fourth-order valence-corrected chi connectivity index (χ4v) is 3.10. The molecule has 1 atom stereocenters. The number of thiophene rings is 1. The van der Waals surface area contributed by atoms with Crippen molar-refractivity contribution in [1.82, 2.24) is 9.80 Å². The van der Waals surface area contributed by atoms with Gasteiger partial charge in [-0.2, -0.15) is 0 Å². The summed E-state index contributed by atoms with van der Waals surface area (Å²) < 4.78 is 0. The van der Waals surface area contributed by atoms with E-state index in [1.54, 1.807) is 11.3 Å². The number of likely N-dealkylation sites (N-methyl/N-ethyl adjacent to an activating group) is 1. The quantitative estimate of drug-likeness (QED) is 0.822. The highest BCUT2D eigenvalue weighted by molar-refractivity contribution is 7.14. The van der Waals surface area contributed by atoms with Crippen molar-refractivity contribution in [3.05, 3.63) is 21.9 Å². The van der Waals surface area contributed by atoms with E-state index >= 15 is 0 Å². The van der Waals surface area contributed by atoms with Crippen molar-refractivity contribution in [3.63, 3.8) is 0 Å². The highest BCUT2D eigenvalue weighted by Gasteiger charge is 2.28. The van der Waals surface area contributed by atoms with E-state index in [1.807, 2.05) is 11.0 Å². The molecule has 1 amide bonds. The van der Waals surface area contributed by atoms with Crippen molar-refractivity contribution in [2.24, 2.45) is 0 Å². The van der Waals surface area contributed by atoms with Crippen molar-refractivity contribution < 1.29 is 4.79 Å². The van der Waals surface area contributed by atoms with E-state index in [2.05, 4.69) is 32.0 Å². The summed E-state index contributed by atoms with van der Waals surface area (Å²) in [6.45, 7) is 3.88. The van der Waals surface area contributed by atoms with Crippen LogP contribution < -0.4 is 0 Å². The molecule has 1 saturated heterocycles. The zero-order chi connectivity index (χ0) is 12.4. The predicted molar refractivity (Wildman–Crippen MR) is 71.7 cm³/mol. The molecule has 0 aromatic carbocycles. The molecule has 1 unspecified atom stereocenters. The van der Waals surface area contributed by atoms with E-state index in [0.29, 0.717) is 6.04 Å². The number of carbonyl (C=O) groups is 1. The number of hydrogen-bond donors (Lipinski definition) is 0. The zero-order valence-corrected chi connectivity index (χ0v) is 11.6. The van der Waals surface area contributed by atoms with Gasteiger partial charge in [0.1, 0.15) is 0 Å². The third kappa shape index (κ3) is 2.69. The molecule has 0 bridgehead atoms. The molecule has 3 nitrogen and oxygen atoms in total. The Bertz CT molecular complexity index is 400. The van der Waals surface area contributed by atoms with Gasteiger partial charge in [0.25, 0.3) is 5.91 Å². The third-order valence-corrected chi connectivity index (χ3v) is 4.62. The van der Waals surface area contributed by atoms with Gasteiger partial charge < -0.3 is 9.80 Å². The molecule has 17 heavy (non-hydrogen) atoms. The van der Waals surface area contributed by atoms with E-state index in [1.165, 1.54) is 4.88 Å². The first-order chi connectivity index (χ1) is 8.11. The van der Waals surface area contributed by atoms with E-state index < -0.39 is 0 Å². The molecule has 1 fully saturated rings. The van der Waals surface area contributed by atoms with E-state index in [-0.39, 0.29) is 5.91 Å². The largest absolute Gasteiger partial charge is 0.336 e. The monoisotopic (exact) mass is 252 g/mol. The molecule has 1 aromatic rings. The molecule has 0 aliphatic carbocycles. The van der Waals surface area contributed by atoms with Gasteiger partial charge >= 0.3 is 0 Å². The summed E-state index contributed by atoms with van der Waals surface area (Å²) in [4.78, 5) is 18.6. The maximum Gasteiger partial charge on any atom is 0.263 e. The van der Waals surface area contributed by atoms with Crippen LogP contribution in [-0.2, 0) is 6.42 Å². The molecular weight excluding hydrogens is 232 g/mol. The molecule has 1 aliphatic rings. The Labute approximate surface area is 107 Å². The van der Waals surface area contributed by atoms with Crippen molar-refractivity contribution in [2.45, 2.75) is 25.8 Å². The normalized spacial score (nSPS) is 20.2. The average Bonchev–Trinajstić information content (AvgIpc) is 2.97. The van der Waals surface area contributed by atoms with Gasteiger partial charge in [-0.3, -0.25) is 4.79 Å². The van der Waals surface area contributed by atoms with Crippen molar-refractivity contribution in [1.29, 1.82) is 0 Å². The predicted octanol–water partition coefficient (Wildman–Crippen LogP) is 2.09. The lowest BCUT2D eigenvalue weighted by atomic mass is 10.2. The van der Waals surface area contributed by atoms with Crippen LogP contribution in [0.4, 0.5) is 0 Å². The van der Waals surface area contributed by atoms with Crippen LogP contribution in [0.5, 0.6) is 0 Å². The van der Waals surface area contributed by atoms with Gasteiger partial charge in [-0.1, -0.05) is 6.92 Å².